The van der Waals surface area contributed by atoms with Crippen LogP contribution in [0.1, 0.15) is 0 Å². The molecule has 0 bridgehead atoms. The predicted octanol–water partition coefficient (Wildman–Crippen LogP) is 4.69. The van der Waals surface area contributed by atoms with Crippen LogP contribution in [0.5, 0.6) is 11.5 Å². The first-order valence-corrected chi connectivity index (χ1v) is 11.5. The molecule has 0 amide bonds. The number of aromatic hydroxyl groups is 1. The van der Waals surface area contributed by atoms with Crippen LogP contribution < -0.4 is 4.74 Å². The lowest BCUT2D eigenvalue weighted by Crippen LogP contribution is -2.46. The maximum Gasteiger partial charge on any atom is 0.327 e. The molecule has 31 heavy (non-hydrogen) atoms. The van der Waals surface area contributed by atoms with E-state index in [0.717, 1.165) is 14.7 Å². The lowest BCUT2D eigenvalue weighted by atomic mass is 10.3. The second-order valence-corrected chi connectivity index (χ2v) is 10.1. The summed E-state index contributed by atoms with van der Waals surface area (Å²) >= 11 is 0. The van der Waals surface area contributed by atoms with E-state index in [9.17, 15) is 26.7 Å². The van der Waals surface area contributed by atoms with Gasteiger partial charge in [-0.05, 0) is 60.7 Å². The van der Waals surface area contributed by atoms with Gasteiger partial charge in [0, 0.05) is 0 Å². The van der Waals surface area contributed by atoms with E-state index < -0.39 is 39.0 Å². The number of phenols is 1. The van der Waals surface area contributed by atoms with Crippen molar-refractivity contribution in [2.75, 3.05) is 6.61 Å². The van der Waals surface area contributed by atoms with E-state index in [1.165, 1.54) is 12.1 Å². The Morgan fingerprint density at radius 1 is 0.871 bits per heavy atom. The Morgan fingerprint density at radius 3 is 1.84 bits per heavy atom. The molecule has 2 unspecified atom stereocenters. The van der Waals surface area contributed by atoms with E-state index in [2.05, 4.69) is 0 Å². The van der Waals surface area contributed by atoms with Gasteiger partial charge < -0.3 is 9.84 Å². The van der Waals surface area contributed by atoms with E-state index in [1.807, 2.05) is 30.3 Å². The summed E-state index contributed by atoms with van der Waals surface area (Å²) in [7, 11) is -6.26. The maximum absolute atomic E-state index is 14.1. The SMILES string of the molecule is O=S(=O)(O)C(F)(COc1ccc([S+](c2ccccc2)c2ccc(O)cc2)cc1)C(F)F. The molecule has 3 rings (SSSR count). The summed E-state index contributed by atoms with van der Waals surface area (Å²) in [5, 5.41) is 5.35. The Labute approximate surface area is 180 Å². The van der Waals surface area contributed by atoms with Crippen LogP contribution >= 0.6 is 0 Å². The highest BCUT2D eigenvalue weighted by atomic mass is 32.2. The zero-order valence-corrected chi connectivity index (χ0v) is 17.5. The minimum atomic E-state index is -5.69. The zero-order valence-electron chi connectivity index (χ0n) is 15.9. The van der Waals surface area contributed by atoms with Gasteiger partial charge in [0.05, 0.1) is 10.9 Å². The number of alkyl halides is 3. The Balaban J connectivity index is 1.88. The first-order valence-electron chi connectivity index (χ1n) is 8.87. The average molecular weight is 471 g/mol. The van der Waals surface area contributed by atoms with E-state index in [0.29, 0.717) is 0 Å². The molecule has 0 fully saturated rings. The second kappa shape index (κ2) is 9.21. The fourth-order valence-electron chi connectivity index (χ4n) is 2.65. The molecule has 5 nitrogen and oxygen atoms in total. The predicted molar refractivity (Wildman–Crippen MR) is 110 cm³/mol. The molecule has 0 radical (unpaired) electrons. The van der Waals surface area contributed by atoms with Crippen LogP contribution in [0, 0.1) is 0 Å². The van der Waals surface area contributed by atoms with Gasteiger partial charge in [-0.15, -0.1) is 0 Å². The van der Waals surface area contributed by atoms with Crippen molar-refractivity contribution >= 4 is 21.0 Å². The van der Waals surface area contributed by atoms with Crippen LogP contribution in [-0.4, -0.2) is 36.1 Å². The number of phenolic OH excluding ortho intramolecular Hbond substituents is 1. The third kappa shape index (κ3) is 5.15. The standard InChI is InChI=1S/C21H17F3O5S2/c22-20(23)21(24,31(26,27)28)14-29-16-8-12-19(13-9-16)30(17-4-2-1-3-5-17)18-10-6-15(25)7-11-18/h1-13,20H,14H2,(H-,25,26,27,28)/p+1. The van der Waals surface area contributed by atoms with Crippen LogP contribution in [0.2, 0.25) is 0 Å². The molecule has 0 aliphatic rings. The zero-order chi connectivity index (χ0) is 22.6. The van der Waals surface area contributed by atoms with Crippen molar-refractivity contribution in [3.05, 3.63) is 78.9 Å². The van der Waals surface area contributed by atoms with Gasteiger partial charge in [-0.3, -0.25) is 4.55 Å². The molecule has 2 N–H and O–H groups in total. The van der Waals surface area contributed by atoms with Crippen molar-refractivity contribution in [2.24, 2.45) is 0 Å². The summed E-state index contributed by atoms with van der Waals surface area (Å²) in [6, 6.07) is 22.3. The van der Waals surface area contributed by atoms with Crippen LogP contribution in [0.25, 0.3) is 0 Å². The molecule has 10 heteroatoms. The topological polar surface area (TPSA) is 83.8 Å². The Bertz CT molecular complexity index is 1110. The fraction of sp³-hybridized carbons (Fsp3) is 0.143. The molecule has 0 saturated heterocycles. The first kappa shape index (κ1) is 23.0. The van der Waals surface area contributed by atoms with E-state index >= 15 is 0 Å². The highest BCUT2D eigenvalue weighted by molar-refractivity contribution is 7.97. The normalized spacial score (nSPS) is 14.7. The maximum atomic E-state index is 14.1. The molecule has 0 aliphatic heterocycles. The molecule has 0 aliphatic carbocycles. The van der Waals surface area contributed by atoms with Crippen LogP contribution in [0.4, 0.5) is 13.2 Å². The third-order valence-corrected chi connectivity index (χ3v) is 7.69. The lowest BCUT2D eigenvalue weighted by molar-refractivity contribution is -0.0110. The van der Waals surface area contributed by atoms with Crippen molar-refractivity contribution in [1.29, 1.82) is 0 Å². The van der Waals surface area contributed by atoms with Crippen molar-refractivity contribution < 1.29 is 36.0 Å². The summed E-state index contributed by atoms with van der Waals surface area (Å²) in [6.45, 7) is -1.56. The van der Waals surface area contributed by atoms with Gasteiger partial charge in [-0.1, -0.05) is 18.2 Å². The molecule has 0 heterocycles. The Morgan fingerprint density at radius 2 is 1.35 bits per heavy atom. The molecule has 0 saturated carbocycles. The van der Waals surface area contributed by atoms with Gasteiger partial charge in [-0.2, -0.15) is 8.42 Å². The number of halogens is 3. The molecule has 2 atom stereocenters. The number of ether oxygens (including phenoxy) is 1. The lowest BCUT2D eigenvalue weighted by Gasteiger charge is -2.21. The first-order chi connectivity index (χ1) is 14.6. The fourth-order valence-corrected chi connectivity index (χ4v) is 5.15. The van der Waals surface area contributed by atoms with Crippen molar-refractivity contribution in [3.8, 4) is 11.5 Å². The van der Waals surface area contributed by atoms with Crippen molar-refractivity contribution in [2.45, 2.75) is 26.1 Å². The number of hydrogen-bond donors (Lipinski definition) is 2. The van der Waals surface area contributed by atoms with Crippen LogP contribution in [0.3, 0.4) is 0 Å². The third-order valence-electron chi connectivity index (χ3n) is 4.30. The highest BCUT2D eigenvalue weighted by Gasteiger charge is 2.54. The van der Waals surface area contributed by atoms with Crippen LogP contribution in [0.15, 0.2) is 93.5 Å². The van der Waals surface area contributed by atoms with Crippen LogP contribution in [-0.2, 0) is 21.0 Å². The molecular formula is C21H18F3O5S2+. The monoisotopic (exact) mass is 471 g/mol. The van der Waals surface area contributed by atoms with Crippen molar-refractivity contribution in [3.63, 3.8) is 0 Å². The average Bonchev–Trinajstić information content (AvgIpc) is 2.74. The molecule has 0 spiro atoms. The summed E-state index contributed by atoms with van der Waals surface area (Å²) in [5.41, 5.74) is 0. The van der Waals surface area contributed by atoms with E-state index in [4.69, 9.17) is 9.29 Å². The van der Waals surface area contributed by atoms with Gasteiger partial charge in [0.25, 0.3) is 6.43 Å². The van der Waals surface area contributed by atoms with E-state index in [1.54, 1.807) is 36.4 Å². The van der Waals surface area contributed by atoms with Gasteiger partial charge in [-0.25, -0.2) is 13.2 Å². The molecule has 3 aromatic carbocycles. The molecule has 0 aromatic heterocycles. The smallest absolute Gasteiger partial charge is 0.327 e. The minimum Gasteiger partial charge on any atom is -0.508 e. The van der Waals surface area contributed by atoms with Gasteiger partial charge in [0.15, 0.2) is 14.7 Å². The number of rotatable bonds is 8. The summed E-state index contributed by atoms with van der Waals surface area (Å²) in [4.78, 5) is 2.71. The number of benzene rings is 3. The summed E-state index contributed by atoms with van der Waals surface area (Å²) in [6.07, 6.45) is -3.99. The van der Waals surface area contributed by atoms with E-state index in [-0.39, 0.29) is 11.5 Å². The van der Waals surface area contributed by atoms with Gasteiger partial charge in [0.2, 0.25) is 0 Å². The molecule has 164 valence electrons. The molecular weight excluding hydrogens is 453 g/mol. The van der Waals surface area contributed by atoms with Gasteiger partial charge >= 0.3 is 15.1 Å². The largest absolute Gasteiger partial charge is 0.508 e. The molecule has 3 aromatic rings. The summed E-state index contributed by atoms with van der Waals surface area (Å²) < 4.78 is 75.4. The Hall–Kier alpha value is -2.69. The quantitative estimate of drug-likeness (QED) is 0.368. The minimum absolute atomic E-state index is 0.0441. The summed E-state index contributed by atoms with van der Waals surface area (Å²) in [5.74, 6) is 0.0778. The highest BCUT2D eigenvalue weighted by Crippen LogP contribution is 2.33. The number of hydrogen-bond acceptors (Lipinski definition) is 4. The second-order valence-electron chi connectivity index (χ2n) is 6.44. The van der Waals surface area contributed by atoms with Gasteiger partial charge in [0.1, 0.15) is 18.1 Å². The van der Waals surface area contributed by atoms with Crippen molar-refractivity contribution in [1.82, 2.24) is 0 Å². The Kier molecular flexibility index (Phi) is 6.83.